The fourth-order valence-corrected chi connectivity index (χ4v) is 3.17. The fraction of sp³-hybridized carbons (Fsp3) is 0.211. The Balaban J connectivity index is 2.34. The summed E-state index contributed by atoms with van der Waals surface area (Å²) in [5.74, 6) is -0.250. The number of carbonyl (C=O) groups excluding carboxylic acids is 2. The monoisotopic (exact) mass is 321 g/mol. The van der Waals surface area contributed by atoms with Crippen LogP contribution in [0, 0.1) is 0 Å². The summed E-state index contributed by atoms with van der Waals surface area (Å²) in [5, 5.41) is 0. The van der Waals surface area contributed by atoms with E-state index in [1.807, 2.05) is 60.7 Å². The Morgan fingerprint density at radius 1 is 0.958 bits per heavy atom. The highest BCUT2D eigenvalue weighted by atomic mass is 16.2. The van der Waals surface area contributed by atoms with Gasteiger partial charge in [-0.05, 0) is 11.1 Å². The van der Waals surface area contributed by atoms with Gasteiger partial charge < -0.3 is 4.90 Å². The Bertz CT molecular complexity index is 758. The van der Waals surface area contributed by atoms with Crippen molar-refractivity contribution in [2.24, 2.45) is 4.99 Å². The molecule has 0 radical (unpaired) electrons. The molecule has 1 aliphatic rings. The molecule has 5 nitrogen and oxygen atoms in total. The summed E-state index contributed by atoms with van der Waals surface area (Å²) in [6, 6.07) is 18.6. The Labute approximate surface area is 141 Å². The number of benzene rings is 2. The zero-order valence-electron chi connectivity index (χ0n) is 13.9. The molecule has 0 aromatic heterocycles. The quantitative estimate of drug-likeness (QED) is 0.852. The minimum Gasteiger partial charge on any atom is -0.348 e. The number of carbonyl (C=O) groups is 2. The number of guanidine groups is 1. The standard InChI is InChI=1S/C19H19N3O2/c1-14(23)22-18(21(2)3)20-17(24)19(22,15-10-6-4-7-11-15)16-12-8-5-9-13-16/h4-13H,1-3H3. The zero-order chi connectivity index (χ0) is 17.3. The number of hydrogen-bond donors (Lipinski definition) is 0. The molecule has 0 saturated heterocycles. The summed E-state index contributed by atoms with van der Waals surface area (Å²) in [4.78, 5) is 33.0. The van der Waals surface area contributed by atoms with Gasteiger partial charge in [-0.3, -0.25) is 14.5 Å². The van der Waals surface area contributed by atoms with Gasteiger partial charge in [0.25, 0.3) is 5.91 Å². The molecular formula is C19H19N3O2. The second-order valence-electron chi connectivity index (χ2n) is 5.91. The van der Waals surface area contributed by atoms with Crippen molar-refractivity contribution in [3.05, 3.63) is 71.8 Å². The molecule has 2 amide bonds. The maximum absolute atomic E-state index is 13.1. The summed E-state index contributed by atoms with van der Waals surface area (Å²) >= 11 is 0. The van der Waals surface area contributed by atoms with E-state index in [4.69, 9.17) is 0 Å². The predicted molar refractivity (Wildman–Crippen MR) is 92.3 cm³/mol. The molecule has 122 valence electrons. The SMILES string of the molecule is CC(=O)N1C(N(C)C)=NC(=O)C1(c1ccccc1)c1ccccc1. The largest absolute Gasteiger partial charge is 0.348 e. The topological polar surface area (TPSA) is 53.0 Å². The average molecular weight is 321 g/mol. The van der Waals surface area contributed by atoms with Crippen LogP contribution in [0.5, 0.6) is 0 Å². The first-order chi connectivity index (χ1) is 11.5. The van der Waals surface area contributed by atoms with E-state index in [2.05, 4.69) is 4.99 Å². The first-order valence-corrected chi connectivity index (χ1v) is 7.72. The molecule has 0 spiro atoms. The highest BCUT2D eigenvalue weighted by Gasteiger charge is 2.55. The molecule has 2 aromatic rings. The lowest BCUT2D eigenvalue weighted by molar-refractivity contribution is -0.135. The third-order valence-corrected chi connectivity index (χ3v) is 4.14. The molecule has 0 saturated carbocycles. The van der Waals surface area contributed by atoms with Crippen molar-refractivity contribution in [1.29, 1.82) is 0 Å². The summed E-state index contributed by atoms with van der Waals surface area (Å²) in [7, 11) is 3.54. The fourth-order valence-electron chi connectivity index (χ4n) is 3.17. The van der Waals surface area contributed by atoms with Crippen molar-refractivity contribution < 1.29 is 9.59 Å². The van der Waals surface area contributed by atoms with E-state index in [0.29, 0.717) is 5.96 Å². The predicted octanol–water partition coefficient (Wildman–Crippen LogP) is 2.24. The van der Waals surface area contributed by atoms with E-state index in [0.717, 1.165) is 11.1 Å². The molecule has 0 bridgehead atoms. The number of nitrogens with zero attached hydrogens (tertiary/aromatic N) is 3. The second kappa shape index (κ2) is 5.92. The van der Waals surface area contributed by atoms with Crippen molar-refractivity contribution in [3.63, 3.8) is 0 Å². The first kappa shape index (κ1) is 15.9. The van der Waals surface area contributed by atoms with Crippen LogP contribution < -0.4 is 0 Å². The molecular weight excluding hydrogens is 302 g/mol. The van der Waals surface area contributed by atoms with Crippen molar-refractivity contribution in [2.45, 2.75) is 12.5 Å². The minimum absolute atomic E-state index is 0.235. The molecule has 1 aliphatic heterocycles. The highest BCUT2D eigenvalue weighted by Crippen LogP contribution is 2.41. The maximum Gasteiger partial charge on any atom is 0.284 e. The molecule has 0 N–H and O–H groups in total. The van der Waals surface area contributed by atoms with E-state index in [1.165, 1.54) is 11.8 Å². The van der Waals surface area contributed by atoms with E-state index >= 15 is 0 Å². The summed E-state index contributed by atoms with van der Waals surface area (Å²) in [5.41, 5.74) is 0.169. The highest BCUT2D eigenvalue weighted by molar-refractivity contribution is 6.14. The van der Waals surface area contributed by atoms with Crippen LogP contribution in [-0.4, -0.2) is 41.7 Å². The lowest BCUT2D eigenvalue weighted by Gasteiger charge is -2.38. The van der Waals surface area contributed by atoms with Gasteiger partial charge in [0.05, 0.1) is 0 Å². The molecule has 1 heterocycles. The number of aliphatic imine (C=N–C) groups is 1. The summed E-state index contributed by atoms with van der Waals surface area (Å²) in [6.45, 7) is 1.46. The lowest BCUT2D eigenvalue weighted by atomic mass is 9.81. The molecule has 24 heavy (non-hydrogen) atoms. The van der Waals surface area contributed by atoms with Gasteiger partial charge in [0.2, 0.25) is 11.9 Å². The van der Waals surface area contributed by atoms with Crippen LogP contribution in [0.1, 0.15) is 18.1 Å². The van der Waals surface area contributed by atoms with Crippen molar-refractivity contribution >= 4 is 17.8 Å². The molecule has 2 aromatic carbocycles. The Morgan fingerprint density at radius 2 is 1.42 bits per heavy atom. The number of rotatable bonds is 2. The van der Waals surface area contributed by atoms with E-state index in [1.54, 1.807) is 19.0 Å². The van der Waals surface area contributed by atoms with Crippen LogP contribution in [0.25, 0.3) is 0 Å². The van der Waals surface area contributed by atoms with E-state index in [9.17, 15) is 9.59 Å². The molecule has 0 atom stereocenters. The average Bonchev–Trinajstić information content (AvgIpc) is 2.91. The Kier molecular flexibility index (Phi) is 3.93. The van der Waals surface area contributed by atoms with Crippen molar-refractivity contribution in [2.75, 3.05) is 14.1 Å². The van der Waals surface area contributed by atoms with E-state index < -0.39 is 5.54 Å². The first-order valence-electron chi connectivity index (χ1n) is 7.72. The third-order valence-electron chi connectivity index (χ3n) is 4.14. The van der Waals surface area contributed by atoms with Gasteiger partial charge in [-0.25, -0.2) is 0 Å². The Hall–Kier alpha value is -2.95. The van der Waals surface area contributed by atoms with Crippen molar-refractivity contribution in [1.82, 2.24) is 9.80 Å². The maximum atomic E-state index is 13.1. The van der Waals surface area contributed by atoms with Gasteiger partial charge in [-0.1, -0.05) is 60.7 Å². The number of hydrogen-bond acceptors (Lipinski definition) is 3. The molecule has 0 fully saturated rings. The smallest absolute Gasteiger partial charge is 0.284 e. The van der Waals surface area contributed by atoms with E-state index in [-0.39, 0.29) is 11.8 Å². The summed E-state index contributed by atoms with van der Waals surface area (Å²) in [6.07, 6.45) is 0. The lowest BCUT2D eigenvalue weighted by Crippen LogP contribution is -2.54. The van der Waals surface area contributed by atoms with Gasteiger partial charge in [0.1, 0.15) is 0 Å². The molecule has 5 heteroatoms. The van der Waals surface area contributed by atoms with Crippen LogP contribution in [0.15, 0.2) is 65.7 Å². The van der Waals surface area contributed by atoms with Crippen LogP contribution in [-0.2, 0) is 15.1 Å². The van der Waals surface area contributed by atoms with Gasteiger partial charge in [-0.15, -0.1) is 0 Å². The van der Waals surface area contributed by atoms with Crippen LogP contribution in [0.2, 0.25) is 0 Å². The molecule has 0 aliphatic carbocycles. The van der Waals surface area contributed by atoms with Gasteiger partial charge >= 0.3 is 0 Å². The zero-order valence-corrected chi connectivity index (χ0v) is 13.9. The van der Waals surface area contributed by atoms with Gasteiger partial charge in [0, 0.05) is 21.0 Å². The normalized spacial score (nSPS) is 16.0. The van der Waals surface area contributed by atoms with Crippen LogP contribution in [0.3, 0.4) is 0 Å². The summed E-state index contributed by atoms with van der Waals surface area (Å²) < 4.78 is 0. The minimum atomic E-state index is -1.27. The van der Waals surface area contributed by atoms with Crippen LogP contribution in [0.4, 0.5) is 0 Å². The number of amides is 2. The Morgan fingerprint density at radius 3 is 1.79 bits per heavy atom. The molecule has 3 rings (SSSR count). The van der Waals surface area contributed by atoms with Gasteiger partial charge in [0.15, 0.2) is 5.54 Å². The third kappa shape index (κ3) is 2.21. The molecule has 0 unspecified atom stereocenters. The van der Waals surface area contributed by atoms with Gasteiger partial charge in [-0.2, -0.15) is 4.99 Å². The second-order valence-corrected chi connectivity index (χ2v) is 5.91. The van der Waals surface area contributed by atoms with Crippen molar-refractivity contribution in [3.8, 4) is 0 Å². The van der Waals surface area contributed by atoms with Crippen LogP contribution >= 0.6 is 0 Å².